The average Bonchev–Trinajstić information content (AvgIpc) is 1.45. The van der Waals surface area contributed by atoms with E-state index in [1.54, 1.807) is 37.3 Å². The van der Waals surface area contributed by atoms with Crippen LogP contribution in [-0.2, 0) is 93.2 Å². The van der Waals surface area contributed by atoms with Gasteiger partial charge in [0.05, 0.1) is 50.7 Å². The van der Waals surface area contributed by atoms with Crippen LogP contribution < -0.4 is 80.4 Å². The van der Waals surface area contributed by atoms with Gasteiger partial charge in [0, 0.05) is 97.5 Å². The van der Waals surface area contributed by atoms with Gasteiger partial charge in [0.2, 0.25) is 65.0 Å². The van der Waals surface area contributed by atoms with Crippen LogP contribution in [0.15, 0.2) is 89.9 Å². The molecule has 4 heterocycles. The standard InChI is InChI=1S/C63H75N13O18S3.C10H20N2O5/c1-2-92-22-21-67-55(85)46-30-96-97-31-47-60(90)72-41(12-8-20-68-62(64)65)54(84)69-28-50(79)71-44(27-52(81)82)58(88)74-45(59(89)73-43(57(87)75-46)23-33-9-4-3-5-10-33)29-95-32-51(80)70-42(56(86)76-47)11-6-7-19-66-53(83)34-13-16-37-40(24-34)63(94-61(37)91)38-17-14-35(77)25-48(38)93-49-26-36(78)15-18-39(49)63;1-2-15-5-6-16-4-3-12-10(14)8-17-7-9(11)13/h3-5,9-10,13-18,24-26,41-47,77-78H,2,6-8,11-12,19-23,27-32H2,1H3,(H,66,83)(H,67,85)(H,69,84)(H,70,80)(H,71,79)(H,72,90)(H,73,89)(H,74,88)(H,75,87)(H,76,86)(H,81,82)(H4,64,65,68);2-8H2,1H3,(H2,11,13)(H,12,14)/t41-,42-,43-,44-,45-,46-,47-;/m0./s1. The van der Waals surface area contributed by atoms with E-state index in [-0.39, 0.29) is 141 Å². The number of guanidine groups is 1. The maximum absolute atomic E-state index is 14.7. The van der Waals surface area contributed by atoms with Crippen molar-refractivity contribution in [2.45, 2.75) is 107 Å². The van der Waals surface area contributed by atoms with E-state index in [1.807, 2.05) is 6.92 Å². The molecule has 114 heavy (non-hydrogen) atoms. The van der Waals surface area contributed by atoms with Crippen molar-refractivity contribution < 1.29 is 111 Å². The zero-order valence-electron chi connectivity index (χ0n) is 62.5. The number of phenols is 2. The third-order valence-electron chi connectivity index (χ3n) is 17.2. The fourth-order valence-electron chi connectivity index (χ4n) is 11.7. The number of hydrogen-bond acceptors (Lipinski definition) is 26. The molecule has 0 aliphatic carbocycles. The summed E-state index contributed by atoms with van der Waals surface area (Å²) in [5.74, 6) is -13.8. The molecule has 4 aliphatic heterocycles. The van der Waals surface area contributed by atoms with Gasteiger partial charge in [-0.25, -0.2) is 4.79 Å². The van der Waals surface area contributed by atoms with E-state index in [4.69, 9.17) is 45.6 Å². The van der Waals surface area contributed by atoms with Crippen molar-refractivity contribution in [3.63, 3.8) is 0 Å². The highest BCUT2D eigenvalue weighted by atomic mass is 33.1. The van der Waals surface area contributed by atoms with E-state index in [9.17, 15) is 82.4 Å². The lowest BCUT2D eigenvalue weighted by Gasteiger charge is -2.36. The Bertz CT molecular complexity index is 4050. The molecule has 2 bridgehead atoms. The largest absolute Gasteiger partial charge is 0.508 e. The monoisotopic (exact) mass is 1650 g/mol. The quantitative estimate of drug-likeness (QED) is 0.00866. The SMILES string of the molecule is CCOCCNC(=O)[C@@H]1CSSC[C@@H]2NC(=O)[C@H](CCCCNC(=O)c3ccc4c(c3)C3(OC4=O)c4ccc(O)cc4Oc4cc(O)ccc43)NC(=O)CSC[C@H](NC(=O)[C@H](CC(=O)O)NC(=O)CNC(=O)[C@H](CCCN=C(N)N)NC2=O)C(=O)N[C@@H](Cc2ccccc2)C(=O)N1.CCOCCOCCNC(=O)COCC(N)=O. The number of esters is 1. The molecule has 0 aromatic heterocycles. The van der Waals surface area contributed by atoms with Gasteiger partial charge in [-0.1, -0.05) is 51.9 Å². The fourth-order valence-corrected chi connectivity index (χ4v) is 14.9. The molecule has 0 radical (unpaired) electrons. The smallest absolute Gasteiger partial charge is 0.340 e. The maximum atomic E-state index is 14.7. The van der Waals surface area contributed by atoms with E-state index >= 15 is 0 Å². The lowest BCUT2D eigenvalue weighted by Crippen LogP contribution is -2.60. The number of carboxylic acids is 1. The number of carbonyl (C=O) groups is 14. The summed E-state index contributed by atoms with van der Waals surface area (Å²) in [6.07, 6.45) is -1.08. The molecule has 4 aromatic rings. The van der Waals surface area contributed by atoms with Gasteiger partial charge in [-0.05, 0) is 94.0 Å². The van der Waals surface area contributed by atoms with Crippen molar-refractivity contribution in [1.82, 2.24) is 58.5 Å². The van der Waals surface area contributed by atoms with Gasteiger partial charge < -0.3 is 119 Å². The normalized spacial score (nSPS) is 20.0. The minimum Gasteiger partial charge on any atom is -0.508 e. The number of rotatable bonds is 30. The van der Waals surface area contributed by atoms with Crippen LogP contribution in [0.1, 0.15) is 95.3 Å². The molecule has 1 spiro atoms. The highest BCUT2D eigenvalue weighted by Crippen LogP contribution is 2.57. The number of thioether (sulfide) groups is 1. The molecule has 8 rings (SSSR count). The topological polar surface area (TPSA) is 578 Å². The van der Waals surface area contributed by atoms with Crippen molar-refractivity contribution in [3.05, 3.63) is 118 Å². The maximum Gasteiger partial charge on any atom is 0.340 e. The molecule has 41 heteroatoms. The molecule has 7 atom stereocenters. The first-order valence-electron chi connectivity index (χ1n) is 36.4. The first kappa shape index (κ1) is 90.2. The second-order valence-corrected chi connectivity index (χ2v) is 29.3. The minimum absolute atomic E-state index is 0.0000266. The Labute approximate surface area is 667 Å². The molecular formula is C73H95N15O23S3. The van der Waals surface area contributed by atoms with E-state index in [0.717, 1.165) is 33.3 Å². The number of aliphatic imine (C=N–C) groups is 1. The zero-order valence-corrected chi connectivity index (χ0v) is 65.0. The van der Waals surface area contributed by atoms with Crippen molar-refractivity contribution >= 4 is 122 Å². The summed E-state index contributed by atoms with van der Waals surface area (Å²) in [6, 6.07) is 10.6. The lowest BCUT2D eigenvalue weighted by molar-refractivity contribution is -0.141. The van der Waals surface area contributed by atoms with E-state index in [2.05, 4.69) is 63.5 Å². The van der Waals surface area contributed by atoms with Crippen LogP contribution in [0.25, 0.3) is 0 Å². The number of aromatic hydroxyl groups is 2. The number of carboxylic acid groups (broad SMARTS) is 1. The molecule has 2 fully saturated rings. The summed E-state index contributed by atoms with van der Waals surface area (Å²) in [4.78, 5) is 194. The summed E-state index contributed by atoms with van der Waals surface area (Å²) in [5.41, 5.74) is 16.0. The Balaban J connectivity index is 0.000000942. The number of carbonyl (C=O) groups excluding carboxylic acids is 13. The van der Waals surface area contributed by atoms with E-state index < -0.39 is 149 Å². The summed E-state index contributed by atoms with van der Waals surface area (Å²) < 4.78 is 32.6. The van der Waals surface area contributed by atoms with E-state index in [1.165, 1.54) is 54.6 Å². The summed E-state index contributed by atoms with van der Waals surface area (Å²) in [5, 5.41) is 59.3. The molecular weight excluding hydrogens is 1550 g/mol. The zero-order chi connectivity index (χ0) is 82.7. The van der Waals surface area contributed by atoms with Crippen LogP contribution in [0.2, 0.25) is 0 Å². The molecule has 38 nitrogen and oxygen atoms in total. The molecule has 4 aromatic carbocycles. The minimum atomic E-state index is -1.89. The molecule has 20 N–H and O–H groups in total. The second-order valence-electron chi connectivity index (χ2n) is 25.7. The molecule has 0 saturated carbocycles. The van der Waals surface area contributed by atoms with Crippen LogP contribution in [-0.4, -0.2) is 255 Å². The van der Waals surface area contributed by atoms with Crippen LogP contribution in [0.5, 0.6) is 23.0 Å². The van der Waals surface area contributed by atoms with Gasteiger partial charge in [-0.2, -0.15) is 0 Å². The predicted molar refractivity (Wildman–Crippen MR) is 415 cm³/mol. The summed E-state index contributed by atoms with van der Waals surface area (Å²) >= 11 is 0.780. The van der Waals surface area contributed by atoms with Crippen molar-refractivity contribution in [1.29, 1.82) is 0 Å². The van der Waals surface area contributed by atoms with Gasteiger partial charge in [-0.15, -0.1) is 11.8 Å². The van der Waals surface area contributed by atoms with Crippen molar-refractivity contribution in [2.75, 3.05) is 109 Å². The van der Waals surface area contributed by atoms with Gasteiger partial charge in [-0.3, -0.25) is 67.3 Å². The van der Waals surface area contributed by atoms with Crippen LogP contribution in [0, 0.1) is 0 Å². The Morgan fingerprint density at radius 2 is 1.18 bits per heavy atom. The van der Waals surface area contributed by atoms with Crippen molar-refractivity contribution in [2.24, 2.45) is 22.2 Å². The molecule has 0 unspecified atom stereocenters. The number of unbranched alkanes of at least 4 members (excludes halogenated alkanes) is 1. The molecule has 4 aliphatic rings. The second kappa shape index (κ2) is 46.3. The number of benzene rings is 4. The van der Waals surface area contributed by atoms with Crippen LogP contribution in [0.4, 0.5) is 0 Å². The Morgan fingerprint density at radius 3 is 1.86 bits per heavy atom. The third kappa shape index (κ3) is 28.3. The highest BCUT2D eigenvalue weighted by molar-refractivity contribution is 8.76. The number of hydrogen-bond donors (Lipinski definition) is 17. The predicted octanol–water partition coefficient (Wildman–Crippen LogP) is -2.20. The average molecular weight is 1650 g/mol. The number of amides is 12. The third-order valence-corrected chi connectivity index (χ3v) is 20.6. The summed E-state index contributed by atoms with van der Waals surface area (Å²) in [7, 11) is 1.99. The number of ether oxygens (including phenoxy) is 6. The van der Waals surface area contributed by atoms with Gasteiger partial charge in [0.1, 0.15) is 78.5 Å². The number of aliphatic carboxylic acids is 1. The number of primary amides is 1. The Hall–Kier alpha value is -11.0. The Kier molecular flexibility index (Phi) is 36.6. The number of fused-ring (bicyclic) bond motifs is 15. The first-order valence-corrected chi connectivity index (χ1v) is 40.0. The Morgan fingerprint density at radius 1 is 0.579 bits per heavy atom. The molecule has 618 valence electrons. The summed E-state index contributed by atoms with van der Waals surface area (Å²) in [6.45, 7) is 5.36. The molecule has 12 amide bonds. The molecule has 2 saturated heterocycles. The van der Waals surface area contributed by atoms with E-state index in [0.29, 0.717) is 56.3 Å². The van der Waals surface area contributed by atoms with Gasteiger partial charge >= 0.3 is 11.9 Å². The van der Waals surface area contributed by atoms with Crippen LogP contribution in [0.3, 0.4) is 0 Å². The number of nitrogens with zero attached hydrogens (tertiary/aromatic N) is 1. The fraction of sp³-hybridized carbons (Fsp3) is 0.466. The first-order chi connectivity index (χ1) is 54.7. The lowest BCUT2D eigenvalue weighted by atomic mass is 9.77. The van der Waals surface area contributed by atoms with Gasteiger partial charge in [0.25, 0.3) is 5.91 Å². The highest BCUT2D eigenvalue weighted by Gasteiger charge is 2.54. The van der Waals surface area contributed by atoms with Crippen LogP contribution >= 0.6 is 33.3 Å². The number of nitrogens with two attached hydrogens (primary N) is 3. The number of nitrogens with one attached hydrogen (secondary N) is 11. The van der Waals surface area contributed by atoms with Gasteiger partial charge in [0.15, 0.2) is 11.6 Å². The van der Waals surface area contributed by atoms with Crippen molar-refractivity contribution in [3.8, 4) is 23.0 Å². The number of phenolic OH excluding ortho intramolecular Hbond substituents is 2.